The predicted molar refractivity (Wildman–Crippen MR) is 55.9 cm³/mol. The molecule has 1 rings (SSSR count). The van der Waals surface area contributed by atoms with Gasteiger partial charge in [0.25, 0.3) is 5.69 Å². The van der Waals surface area contributed by atoms with Crippen LogP contribution in [-0.2, 0) is 11.3 Å². The SMILES string of the molecule is O=C(O)OCc1c(Cl)cc(Cl)cc1[N+](=O)[O-]. The molecule has 1 aromatic carbocycles. The van der Waals surface area contributed by atoms with E-state index in [1.807, 2.05) is 0 Å². The third kappa shape index (κ3) is 2.98. The Morgan fingerprint density at radius 1 is 1.50 bits per heavy atom. The second-order valence-corrected chi connectivity index (χ2v) is 3.54. The Hall–Kier alpha value is -1.53. The van der Waals surface area contributed by atoms with Crippen molar-refractivity contribution < 1.29 is 19.6 Å². The highest BCUT2D eigenvalue weighted by Crippen LogP contribution is 2.31. The first kappa shape index (κ1) is 12.5. The molecule has 0 aliphatic heterocycles. The highest BCUT2D eigenvalue weighted by Gasteiger charge is 2.19. The Bertz CT molecular complexity index is 448. The van der Waals surface area contributed by atoms with Gasteiger partial charge in [0.2, 0.25) is 0 Å². The van der Waals surface area contributed by atoms with E-state index in [4.69, 9.17) is 28.3 Å². The van der Waals surface area contributed by atoms with Crippen LogP contribution in [0.15, 0.2) is 12.1 Å². The summed E-state index contributed by atoms with van der Waals surface area (Å²) in [5.41, 5.74) is -0.405. The Labute approximate surface area is 99.5 Å². The predicted octanol–water partition coefficient (Wildman–Crippen LogP) is 3.10. The van der Waals surface area contributed by atoms with Crippen LogP contribution >= 0.6 is 23.2 Å². The zero-order valence-corrected chi connectivity index (χ0v) is 9.16. The van der Waals surface area contributed by atoms with Gasteiger partial charge < -0.3 is 9.84 Å². The largest absolute Gasteiger partial charge is 0.506 e. The smallest absolute Gasteiger partial charge is 0.450 e. The average molecular weight is 266 g/mol. The number of halogens is 2. The van der Waals surface area contributed by atoms with Gasteiger partial charge in [0.05, 0.1) is 15.5 Å². The van der Waals surface area contributed by atoms with Crippen molar-refractivity contribution in [3.05, 3.63) is 37.9 Å². The molecule has 6 nitrogen and oxygen atoms in total. The van der Waals surface area contributed by atoms with Crippen LogP contribution in [0.3, 0.4) is 0 Å². The molecule has 1 N–H and O–H groups in total. The fourth-order valence-corrected chi connectivity index (χ4v) is 1.57. The Morgan fingerprint density at radius 3 is 2.62 bits per heavy atom. The lowest BCUT2D eigenvalue weighted by molar-refractivity contribution is -0.385. The van der Waals surface area contributed by atoms with Crippen molar-refractivity contribution in [1.29, 1.82) is 0 Å². The van der Waals surface area contributed by atoms with Crippen molar-refractivity contribution in [3.8, 4) is 0 Å². The van der Waals surface area contributed by atoms with Crippen molar-refractivity contribution in [2.45, 2.75) is 6.61 Å². The molecule has 0 unspecified atom stereocenters. The van der Waals surface area contributed by atoms with Gasteiger partial charge in [-0.25, -0.2) is 4.79 Å². The van der Waals surface area contributed by atoms with E-state index in [9.17, 15) is 14.9 Å². The number of rotatable bonds is 3. The maximum atomic E-state index is 10.7. The molecule has 1 aromatic rings. The molecule has 8 heteroatoms. The Balaban J connectivity index is 3.14. The minimum absolute atomic E-state index is 0.0135. The van der Waals surface area contributed by atoms with E-state index in [1.165, 1.54) is 6.07 Å². The topological polar surface area (TPSA) is 89.7 Å². The van der Waals surface area contributed by atoms with Crippen LogP contribution in [0.2, 0.25) is 10.0 Å². The number of carbonyl (C=O) groups is 1. The normalized spacial score (nSPS) is 9.88. The Morgan fingerprint density at radius 2 is 2.12 bits per heavy atom. The van der Waals surface area contributed by atoms with Crippen LogP contribution in [-0.4, -0.2) is 16.2 Å². The quantitative estimate of drug-likeness (QED) is 0.515. The summed E-state index contributed by atoms with van der Waals surface area (Å²) in [5, 5.41) is 19.0. The van der Waals surface area contributed by atoms with Crippen molar-refractivity contribution in [3.63, 3.8) is 0 Å². The van der Waals surface area contributed by atoms with Crippen molar-refractivity contribution in [2.24, 2.45) is 0 Å². The molecule has 0 saturated carbocycles. The summed E-state index contributed by atoms with van der Waals surface area (Å²) in [5.74, 6) is 0. The van der Waals surface area contributed by atoms with E-state index in [0.717, 1.165) is 6.07 Å². The average Bonchev–Trinajstić information content (AvgIpc) is 2.14. The summed E-state index contributed by atoms with van der Waals surface area (Å²) in [7, 11) is 0. The molecule has 0 amide bonds. The van der Waals surface area contributed by atoms with Gasteiger partial charge in [0, 0.05) is 11.1 Å². The minimum Gasteiger partial charge on any atom is -0.450 e. The molecule has 0 heterocycles. The molecule has 0 aromatic heterocycles. The highest BCUT2D eigenvalue weighted by atomic mass is 35.5. The zero-order chi connectivity index (χ0) is 12.3. The van der Waals surface area contributed by atoms with Crippen LogP contribution in [0.5, 0.6) is 0 Å². The summed E-state index contributed by atoms with van der Waals surface area (Å²) >= 11 is 11.3. The molecule has 0 spiro atoms. The van der Waals surface area contributed by atoms with E-state index in [-0.39, 0.29) is 21.3 Å². The van der Waals surface area contributed by atoms with E-state index >= 15 is 0 Å². The van der Waals surface area contributed by atoms with Gasteiger partial charge in [0.1, 0.15) is 6.61 Å². The Kier molecular flexibility index (Phi) is 3.92. The van der Waals surface area contributed by atoms with Gasteiger partial charge in [-0.2, -0.15) is 0 Å². The van der Waals surface area contributed by atoms with E-state index in [0.29, 0.717) is 0 Å². The molecule has 86 valence electrons. The third-order valence-corrected chi connectivity index (χ3v) is 2.23. The first-order chi connectivity index (χ1) is 7.41. The summed E-state index contributed by atoms with van der Waals surface area (Å²) in [6, 6.07) is 2.35. The number of carboxylic acid groups (broad SMARTS) is 1. The van der Waals surface area contributed by atoms with Gasteiger partial charge in [-0.05, 0) is 6.07 Å². The highest BCUT2D eigenvalue weighted by molar-refractivity contribution is 6.35. The fourth-order valence-electron chi connectivity index (χ4n) is 1.03. The van der Waals surface area contributed by atoms with E-state index < -0.39 is 17.7 Å². The van der Waals surface area contributed by atoms with Crippen molar-refractivity contribution in [2.75, 3.05) is 0 Å². The van der Waals surface area contributed by atoms with E-state index in [2.05, 4.69) is 4.74 Å². The number of hydrogen-bond donors (Lipinski definition) is 1. The zero-order valence-electron chi connectivity index (χ0n) is 7.65. The lowest BCUT2D eigenvalue weighted by Gasteiger charge is -2.05. The summed E-state index contributed by atoms with van der Waals surface area (Å²) < 4.78 is 4.22. The number of nitro benzene ring substituents is 1. The maximum Gasteiger partial charge on any atom is 0.506 e. The molecule has 0 atom stereocenters. The van der Waals surface area contributed by atoms with Crippen LogP contribution in [0.25, 0.3) is 0 Å². The third-order valence-electron chi connectivity index (χ3n) is 1.67. The molecule has 0 radical (unpaired) electrons. The number of hydrogen-bond acceptors (Lipinski definition) is 4. The standard InChI is InChI=1S/C8H5Cl2NO5/c9-4-1-6(10)5(3-16-8(12)13)7(2-4)11(14)15/h1-2H,3H2,(H,12,13). The maximum absolute atomic E-state index is 10.7. The first-order valence-electron chi connectivity index (χ1n) is 3.90. The molecule has 0 fully saturated rings. The van der Waals surface area contributed by atoms with E-state index in [1.54, 1.807) is 0 Å². The van der Waals surface area contributed by atoms with Gasteiger partial charge in [0.15, 0.2) is 0 Å². The number of benzene rings is 1. The second kappa shape index (κ2) is 5.00. The molecular formula is C8H5Cl2NO5. The lowest BCUT2D eigenvalue weighted by atomic mass is 10.2. The summed E-state index contributed by atoms with van der Waals surface area (Å²) in [6.45, 7) is -0.498. The monoisotopic (exact) mass is 265 g/mol. The minimum atomic E-state index is -1.54. The van der Waals surface area contributed by atoms with Crippen LogP contribution in [0.1, 0.15) is 5.56 Å². The van der Waals surface area contributed by atoms with Gasteiger partial charge >= 0.3 is 6.16 Å². The number of nitro groups is 1. The van der Waals surface area contributed by atoms with Gasteiger partial charge in [-0.1, -0.05) is 23.2 Å². The summed E-state index contributed by atoms with van der Waals surface area (Å²) in [6.07, 6.45) is -1.54. The van der Waals surface area contributed by atoms with Crippen LogP contribution in [0, 0.1) is 10.1 Å². The molecule has 0 aliphatic rings. The fraction of sp³-hybridized carbons (Fsp3) is 0.125. The van der Waals surface area contributed by atoms with Gasteiger partial charge in [-0.15, -0.1) is 0 Å². The second-order valence-electron chi connectivity index (χ2n) is 2.70. The molecule has 0 aliphatic carbocycles. The van der Waals surface area contributed by atoms with Crippen LogP contribution < -0.4 is 0 Å². The first-order valence-corrected chi connectivity index (χ1v) is 4.65. The van der Waals surface area contributed by atoms with Gasteiger partial charge in [-0.3, -0.25) is 10.1 Å². The molecule has 0 bridgehead atoms. The molecular weight excluding hydrogens is 261 g/mol. The summed E-state index contributed by atoms with van der Waals surface area (Å²) in [4.78, 5) is 20.1. The molecule has 0 saturated heterocycles. The molecule has 16 heavy (non-hydrogen) atoms. The number of nitrogens with zero attached hydrogens (tertiary/aromatic N) is 1. The van der Waals surface area contributed by atoms with Crippen molar-refractivity contribution >= 4 is 35.0 Å². The lowest BCUT2D eigenvalue weighted by Crippen LogP contribution is -2.03. The number of ether oxygens (including phenoxy) is 1. The van der Waals surface area contributed by atoms with Crippen LogP contribution in [0.4, 0.5) is 10.5 Å². The van der Waals surface area contributed by atoms with Crippen molar-refractivity contribution in [1.82, 2.24) is 0 Å².